The van der Waals surface area contributed by atoms with Gasteiger partial charge in [0.25, 0.3) is 0 Å². The van der Waals surface area contributed by atoms with Crippen LogP contribution in [0, 0.1) is 0 Å². The van der Waals surface area contributed by atoms with E-state index >= 15 is 0 Å². The minimum Gasteiger partial charge on any atom is -0.379 e. The zero-order valence-corrected chi connectivity index (χ0v) is 16.4. The van der Waals surface area contributed by atoms with E-state index in [0.29, 0.717) is 6.54 Å². The van der Waals surface area contributed by atoms with Gasteiger partial charge >= 0.3 is 6.03 Å². The van der Waals surface area contributed by atoms with Crippen molar-refractivity contribution < 1.29 is 9.53 Å². The Labute approximate surface area is 161 Å². The summed E-state index contributed by atoms with van der Waals surface area (Å²) in [4.78, 5) is 14.8. The molecule has 0 atom stereocenters. The van der Waals surface area contributed by atoms with Gasteiger partial charge in [0.2, 0.25) is 0 Å². The number of nitrogens with zero attached hydrogens (tertiary/aromatic N) is 1. The van der Waals surface area contributed by atoms with Crippen molar-refractivity contribution in [3.05, 3.63) is 35.9 Å². The van der Waals surface area contributed by atoms with Gasteiger partial charge in [0, 0.05) is 31.7 Å². The molecule has 0 bridgehead atoms. The molecule has 144 valence electrons. The van der Waals surface area contributed by atoms with Gasteiger partial charge in [-0.25, -0.2) is 4.79 Å². The SMILES string of the molecule is O=C(NCCCc1ccccc1)NCC1(N2CCOCC2)CCSCC1. The number of hydrogen-bond donors (Lipinski definition) is 2. The molecule has 0 aromatic heterocycles. The second kappa shape index (κ2) is 10.2. The van der Waals surface area contributed by atoms with Gasteiger partial charge in [-0.3, -0.25) is 4.90 Å². The third kappa shape index (κ3) is 5.63. The normalized spacial score (nSPS) is 20.5. The summed E-state index contributed by atoms with van der Waals surface area (Å²) in [6.45, 7) is 5.01. The monoisotopic (exact) mass is 377 g/mol. The van der Waals surface area contributed by atoms with Crippen molar-refractivity contribution in [1.82, 2.24) is 15.5 Å². The molecule has 1 aromatic carbocycles. The molecule has 5 nitrogen and oxygen atoms in total. The summed E-state index contributed by atoms with van der Waals surface area (Å²) in [7, 11) is 0. The molecular formula is C20H31N3O2S. The van der Waals surface area contributed by atoms with Crippen LogP contribution in [0.2, 0.25) is 0 Å². The molecule has 1 aromatic rings. The predicted octanol–water partition coefficient (Wildman–Crippen LogP) is 2.52. The van der Waals surface area contributed by atoms with Crippen LogP contribution < -0.4 is 10.6 Å². The third-order valence-electron chi connectivity index (χ3n) is 5.45. The number of benzene rings is 1. The van der Waals surface area contributed by atoms with Gasteiger partial charge in [-0.05, 0) is 42.8 Å². The molecule has 3 rings (SSSR count). The van der Waals surface area contributed by atoms with Crippen molar-refractivity contribution in [2.24, 2.45) is 0 Å². The van der Waals surface area contributed by atoms with Crippen molar-refractivity contribution >= 4 is 17.8 Å². The molecule has 2 aliphatic rings. The molecule has 26 heavy (non-hydrogen) atoms. The van der Waals surface area contributed by atoms with Crippen LogP contribution in [-0.4, -0.2) is 67.4 Å². The van der Waals surface area contributed by atoms with E-state index in [-0.39, 0.29) is 11.6 Å². The molecule has 2 heterocycles. The van der Waals surface area contributed by atoms with E-state index in [4.69, 9.17) is 4.74 Å². The Hall–Kier alpha value is -1.24. The van der Waals surface area contributed by atoms with E-state index in [1.165, 1.54) is 17.1 Å². The number of hydrogen-bond acceptors (Lipinski definition) is 4. The summed E-state index contributed by atoms with van der Waals surface area (Å²) in [5.41, 5.74) is 1.43. The number of rotatable bonds is 7. The Kier molecular flexibility index (Phi) is 7.65. The highest BCUT2D eigenvalue weighted by molar-refractivity contribution is 7.99. The first-order valence-corrected chi connectivity index (χ1v) is 10.9. The van der Waals surface area contributed by atoms with Crippen LogP contribution in [0.5, 0.6) is 0 Å². The van der Waals surface area contributed by atoms with E-state index < -0.39 is 0 Å². The Balaban J connectivity index is 1.41. The van der Waals surface area contributed by atoms with Crippen LogP contribution in [-0.2, 0) is 11.2 Å². The molecule has 0 aliphatic carbocycles. The third-order valence-corrected chi connectivity index (χ3v) is 6.44. The van der Waals surface area contributed by atoms with Gasteiger partial charge in [-0.15, -0.1) is 0 Å². The minimum atomic E-state index is -0.0380. The number of carbonyl (C=O) groups is 1. The molecule has 6 heteroatoms. The first-order chi connectivity index (χ1) is 12.8. The summed E-state index contributed by atoms with van der Waals surface area (Å²) < 4.78 is 5.52. The lowest BCUT2D eigenvalue weighted by Crippen LogP contribution is -2.61. The second-order valence-electron chi connectivity index (χ2n) is 7.13. The highest BCUT2D eigenvalue weighted by Crippen LogP contribution is 2.32. The van der Waals surface area contributed by atoms with Crippen LogP contribution in [0.25, 0.3) is 0 Å². The first-order valence-electron chi connectivity index (χ1n) is 9.75. The summed E-state index contributed by atoms with van der Waals surface area (Å²) >= 11 is 2.02. The molecule has 0 spiro atoms. The highest BCUT2D eigenvalue weighted by Gasteiger charge is 2.39. The summed E-state index contributed by atoms with van der Waals surface area (Å²) in [6.07, 6.45) is 4.25. The summed E-state index contributed by atoms with van der Waals surface area (Å²) in [5.74, 6) is 2.36. The lowest BCUT2D eigenvalue weighted by molar-refractivity contribution is -0.0250. The molecule has 0 saturated carbocycles. The lowest BCUT2D eigenvalue weighted by Gasteiger charge is -2.48. The van der Waals surface area contributed by atoms with E-state index in [0.717, 1.165) is 58.5 Å². The molecule has 0 radical (unpaired) electrons. The number of amides is 2. The average Bonchev–Trinajstić information content (AvgIpc) is 2.72. The zero-order chi connectivity index (χ0) is 18.1. The number of aryl methyl sites for hydroxylation is 1. The Bertz CT molecular complexity index is 543. The quantitative estimate of drug-likeness (QED) is 0.717. The standard InChI is InChI=1S/C20H31N3O2S/c24-19(21-10-4-7-18-5-2-1-3-6-18)22-17-20(8-15-26-16-9-20)23-11-13-25-14-12-23/h1-3,5-6H,4,7-17H2,(H2,21,22,24). The Morgan fingerprint density at radius 3 is 2.58 bits per heavy atom. The van der Waals surface area contributed by atoms with Crippen molar-refractivity contribution in [2.45, 2.75) is 31.2 Å². The van der Waals surface area contributed by atoms with Crippen molar-refractivity contribution in [2.75, 3.05) is 50.9 Å². The van der Waals surface area contributed by atoms with Crippen molar-refractivity contribution in [1.29, 1.82) is 0 Å². The second-order valence-corrected chi connectivity index (χ2v) is 8.36. The van der Waals surface area contributed by atoms with Gasteiger partial charge < -0.3 is 15.4 Å². The van der Waals surface area contributed by atoms with Crippen LogP contribution in [0.15, 0.2) is 30.3 Å². The molecule has 2 aliphatic heterocycles. The number of nitrogens with one attached hydrogen (secondary N) is 2. The van der Waals surface area contributed by atoms with E-state index in [2.05, 4.69) is 39.8 Å². The molecule has 2 saturated heterocycles. The fraction of sp³-hybridized carbons (Fsp3) is 0.650. The highest BCUT2D eigenvalue weighted by atomic mass is 32.2. The van der Waals surface area contributed by atoms with E-state index in [1.54, 1.807) is 0 Å². The van der Waals surface area contributed by atoms with Gasteiger partial charge in [0.05, 0.1) is 13.2 Å². The maximum Gasteiger partial charge on any atom is 0.314 e. The largest absolute Gasteiger partial charge is 0.379 e. The maximum absolute atomic E-state index is 12.3. The van der Waals surface area contributed by atoms with Crippen LogP contribution in [0.4, 0.5) is 4.79 Å². The van der Waals surface area contributed by atoms with Crippen molar-refractivity contribution in [3.8, 4) is 0 Å². The van der Waals surface area contributed by atoms with Gasteiger partial charge in [-0.2, -0.15) is 11.8 Å². The predicted molar refractivity (Wildman–Crippen MR) is 108 cm³/mol. The zero-order valence-electron chi connectivity index (χ0n) is 15.5. The van der Waals surface area contributed by atoms with E-state index in [9.17, 15) is 4.79 Å². The van der Waals surface area contributed by atoms with Gasteiger partial charge in [0.1, 0.15) is 0 Å². The summed E-state index contributed by atoms with van der Waals surface area (Å²) in [5, 5.41) is 6.16. The number of carbonyl (C=O) groups excluding carboxylic acids is 1. The Morgan fingerprint density at radius 2 is 1.85 bits per heavy atom. The fourth-order valence-electron chi connectivity index (χ4n) is 3.84. The van der Waals surface area contributed by atoms with Crippen molar-refractivity contribution in [3.63, 3.8) is 0 Å². The number of urea groups is 1. The maximum atomic E-state index is 12.3. The van der Waals surface area contributed by atoms with Crippen LogP contribution in [0.1, 0.15) is 24.8 Å². The number of morpholine rings is 1. The molecule has 0 unspecified atom stereocenters. The van der Waals surface area contributed by atoms with Crippen LogP contribution in [0.3, 0.4) is 0 Å². The first kappa shape index (κ1) is 19.5. The molecule has 2 amide bonds. The average molecular weight is 378 g/mol. The molecule has 2 fully saturated rings. The topological polar surface area (TPSA) is 53.6 Å². The number of thioether (sulfide) groups is 1. The Morgan fingerprint density at radius 1 is 1.12 bits per heavy atom. The van der Waals surface area contributed by atoms with Gasteiger partial charge in [0.15, 0.2) is 0 Å². The van der Waals surface area contributed by atoms with Gasteiger partial charge in [-0.1, -0.05) is 30.3 Å². The number of ether oxygens (including phenoxy) is 1. The molecular weight excluding hydrogens is 346 g/mol. The molecule has 2 N–H and O–H groups in total. The summed E-state index contributed by atoms with van der Waals surface area (Å²) in [6, 6.07) is 10.4. The smallest absolute Gasteiger partial charge is 0.314 e. The lowest BCUT2D eigenvalue weighted by atomic mass is 9.89. The van der Waals surface area contributed by atoms with E-state index in [1.807, 2.05) is 17.8 Å². The van der Waals surface area contributed by atoms with Crippen LogP contribution >= 0.6 is 11.8 Å². The minimum absolute atomic E-state index is 0.0380. The fourth-order valence-corrected chi connectivity index (χ4v) is 5.09.